The average Bonchev–Trinajstić information content (AvgIpc) is 2.50. The molecule has 0 spiro atoms. The maximum Gasteiger partial charge on any atom is 0.223 e. The number of carbonyl (C=O) groups excluding carboxylic acids is 1. The molecule has 0 radical (unpaired) electrons. The van der Waals surface area contributed by atoms with Crippen molar-refractivity contribution in [2.75, 3.05) is 25.9 Å². The molecule has 1 aromatic rings. The Labute approximate surface area is 145 Å². The molecular weight excluding hydrogens is 324 g/mol. The minimum atomic E-state index is -3.35. The fourth-order valence-corrected chi connectivity index (χ4v) is 3.82. The molecule has 1 saturated heterocycles. The van der Waals surface area contributed by atoms with Crippen LogP contribution in [0.3, 0.4) is 0 Å². The Morgan fingerprint density at radius 3 is 2.54 bits per heavy atom. The van der Waals surface area contributed by atoms with Crippen molar-refractivity contribution in [2.24, 2.45) is 5.92 Å². The van der Waals surface area contributed by atoms with Gasteiger partial charge in [-0.1, -0.05) is 36.8 Å². The Kier molecular flexibility index (Phi) is 6.40. The smallest absolute Gasteiger partial charge is 0.223 e. The third-order valence-corrected chi connectivity index (χ3v) is 5.87. The van der Waals surface area contributed by atoms with Crippen molar-refractivity contribution < 1.29 is 13.2 Å². The lowest BCUT2D eigenvalue weighted by atomic mass is 9.99. The van der Waals surface area contributed by atoms with Crippen molar-refractivity contribution in [1.29, 1.82) is 0 Å². The topological polar surface area (TPSA) is 57.7 Å². The van der Waals surface area contributed by atoms with Gasteiger partial charge in [0, 0.05) is 32.6 Å². The molecule has 0 aromatic heterocycles. The zero-order valence-electron chi connectivity index (χ0n) is 14.9. The van der Waals surface area contributed by atoms with Gasteiger partial charge in [-0.05, 0) is 31.2 Å². The van der Waals surface area contributed by atoms with Gasteiger partial charge in [-0.3, -0.25) is 4.79 Å². The normalized spacial score (nSPS) is 16.6. The summed E-state index contributed by atoms with van der Waals surface area (Å²) < 4.78 is 25.5. The quantitative estimate of drug-likeness (QED) is 0.790. The maximum absolute atomic E-state index is 12.3. The number of hydrogen-bond acceptors (Lipinski definition) is 3. The molecule has 0 bridgehead atoms. The van der Waals surface area contributed by atoms with E-state index in [9.17, 15) is 13.2 Å². The number of sulfonamides is 1. The summed E-state index contributed by atoms with van der Waals surface area (Å²) in [4.78, 5) is 14.2. The van der Waals surface area contributed by atoms with Crippen LogP contribution in [0.4, 0.5) is 0 Å². The number of likely N-dealkylation sites (tertiary alicyclic amines) is 1. The minimum absolute atomic E-state index is 0.0554. The molecule has 134 valence electrons. The van der Waals surface area contributed by atoms with Crippen LogP contribution in [0.25, 0.3) is 0 Å². The van der Waals surface area contributed by atoms with Crippen molar-refractivity contribution >= 4 is 15.9 Å². The van der Waals surface area contributed by atoms with Crippen LogP contribution in [0, 0.1) is 12.8 Å². The summed E-state index contributed by atoms with van der Waals surface area (Å²) in [5, 5.41) is 0. The summed E-state index contributed by atoms with van der Waals surface area (Å²) in [5.41, 5.74) is 2.04. The Morgan fingerprint density at radius 1 is 1.29 bits per heavy atom. The molecule has 1 fully saturated rings. The molecule has 1 heterocycles. The van der Waals surface area contributed by atoms with E-state index in [1.165, 1.54) is 10.6 Å². The second-order valence-corrected chi connectivity index (χ2v) is 8.88. The molecule has 0 saturated carbocycles. The van der Waals surface area contributed by atoms with Crippen LogP contribution in [0.15, 0.2) is 24.3 Å². The first kappa shape index (κ1) is 18.9. The van der Waals surface area contributed by atoms with E-state index in [2.05, 4.69) is 6.92 Å². The number of benzene rings is 1. The third-order valence-electron chi connectivity index (χ3n) is 4.62. The Morgan fingerprint density at radius 2 is 1.96 bits per heavy atom. The summed E-state index contributed by atoms with van der Waals surface area (Å²) in [5.74, 6) is 0.725. The lowest BCUT2D eigenvalue weighted by Crippen LogP contribution is -2.40. The van der Waals surface area contributed by atoms with E-state index in [0.717, 1.165) is 37.1 Å². The maximum atomic E-state index is 12.3. The fraction of sp³-hybridized carbons (Fsp3) is 0.611. The molecule has 0 aliphatic carbocycles. The molecule has 1 aliphatic rings. The van der Waals surface area contributed by atoms with Crippen LogP contribution in [0.2, 0.25) is 0 Å². The number of rotatable bonds is 6. The van der Waals surface area contributed by atoms with Crippen LogP contribution in [-0.4, -0.2) is 49.4 Å². The van der Waals surface area contributed by atoms with E-state index in [-0.39, 0.29) is 18.9 Å². The average molecular weight is 353 g/mol. The monoisotopic (exact) mass is 352 g/mol. The Hall–Kier alpha value is -1.40. The van der Waals surface area contributed by atoms with Gasteiger partial charge < -0.3 is 4.90 Å². The fourth-order valence-electron chi connectivity index (χ4n) is 3.01. The van der Waals surface area contributed by atoms with Gasteiger partial charge in [-0.15, -0.1) is 0 Å². The first-order chi connectivity index (χ1) is 11.3. The predicted molar refractivity (Wildman–Crippen MR) is 96.0 cm³/mol. The highest BCUT2D eigenvalue weighted by molar-refractivity contribution is 7.88. The molecule has 0 atom stereocenters. The van der Waals surface area contributed by atoms with Crippen molar-refractivity contribution in [3.63, 3.8) is 0 Å². The molecule has 1 aliphatic heterocycles. The highest BCUT2D eigenvalue weighted by atomic mass is 32.2. The second kappa shape index (κ2) is 8.12. The number of piperidine rings is 1. The van der Waals surface area contributed by atoms with E-state index < -0.39 is 10.0 Å². The minimum Gasteiger partial charge on any atom is -0.343 e. The molecule has 1 amide bonds. The molecule has 1 aromatic carbocycles. The van der Waals surface area contributed by atoms with E-state index >= 15 is 0 Å². The van der Waals surface area contributed by atoms with Crippen LogP contribution >= 0.6 is 0 Å². The molecular formula is C18H28N2O3S. The van der Waals surface area contributed by atoms with Crippen LogP contribution in [0.1, 0.15) is 37.3 Å². The van der Waals surface area contributed by atoms with E-state index in [0.29, 0.717) is 12.5 Å². The third kappa shape index (κ3) is 5.60. The first-order valence-electron chi connectivity index (χ1n) is 8.54. The summed E-state index contributed by atoms with van der Waals surface area (Å²) >= 11 is 0. The number of carbonyl (C=O) groups is 1. The number of hydrogen-bond donors (Lipinski definition) is 0. The van der Waals surface area contributed by atoms with Crippen molar-refractivity contribution in [2.45, 2.75) is 39.7 Å². The van der Waals surface area contributed by atoms with Gasteiger partial charge in [0.1, 0.15) is 0 Å². The zero-order chi connectivity index (χ0) is 17.7. The number of nitrogens with zero attached hydrogens (tertiary/aromatic N) is 2. The summed E-state index contributed by atoms with van der Waals surface area (Å²) in [6, 6.07) is 7.80. The van der Waals surface area contributed by atoms with E-state index in [4.69, 9.17) is 0 Å². The van der Waals surface area contributed by atoms with Gasteiger partial charge in [-0.2, -0.15) is 4.31 Å². The second-order valence-electron chi connectivity index (χ2n) is 6.90. The van der Waals surface area contributed by atoms with Gasteiger partial charge >= 0.3 is 0 Å². The largest absolute Gasteiger partial charge is 0.343 e. The standard InChI is InChI=1S/C18H28N2O3S/c1-15-7-10-19(11-8-15)18(21)9-12-20(24(3,22)23)14-17-6-4-5-16(2)13-17/h4-6,13,15H,7-12,14H2,1-3H3. The molecule has 24 heavy (non-hydrogen) atoms. The van der Waals surface area contributed by atoms with Gasteiger partial charge in [-0.25, -0.2) is 8.42 Å². The SMILES string of the molecule is Cc1cccc(CN(CCC(=O)N2CCC(C)CC2)S(C)(=O)=O)c1. The summed E-state index contributed by atoms with van der Waals surface area (Å²) in [6.45, 7) is 6.31. The summed E-state index contributed by atoms with van der Waals surface area (Å²) in [7, 11) is -3.35. The Bertz CT molecular complexity index is 665. The van der Waals surface area contributed by atoms with Crippen LogP contribution in [-0.2, 0) is 21.4 Å². The number of amides is 1. The molecule has 5 nitrogen and oxygen atoms in total. The van der Waals surface area contributed by atoms with Gasteiger partial charge in [0.15, 0.2) is 0 Å². The molecule has 2 rings (SSSR count). The first-order valence-corrected chi connectivity index (χ1v) is 10.4. The van der Waals surface area contributed by atoms with E-state index in [1.807, 2.05) is 36.1 Å². The molecule has 0 unspecified atom stereocenters. The van der Waals surface area contributed by atoms with Gasteiger partial charge in [0.25, 0.3) is 0 Å². The van der Waals surface area contributed by atoms with Crippen LogP contribution < -0.4 is 0 Å². The molecule has 0 N–H and O–H groups in total. The lowest BCUT2D eigenvalue weighted by molar-refractivity contribution is -0.132. The number of aryl methyl sites for hydroxylation is 1. The van der Waals surface area contributed by atoms with Crippen molar-refractivity contribution in [3.05, 3.63) is 35.4 Å². The predicted octanol–water partition coefficient (Wildman–Crippen LogP) is 2.41. The van der Waals surface area contributed by atoms with Gasteiger partial charge in [0.2, 0.25) is 15.9 Å². The molecule has 6 heteroatoms. The lowest BCUT2D eigenvalue weighted by Gasteiger charge is -2.31. The Balaban J connectivity index is 1.95. The highest BCUT2D eigenvalue weighted by Crippen LogP contribution is 2.17. The zero-order valence-corrected chi connectivity index (χ0v) is 15.7. The van der Waals surface area contributed by atoms with Crippen molar-refractivity contribution in [3.8, 4) is 0 Å². The highest BCUT2D eigenvalue weighted by Gasteiger charge is 2.23. The van der Waals surface area contributed by atoms with Crippen LogP contribution in [0.5, 0.6) is 0 Å². The van der Waals surface area contributed by atoms with E-state index in [1.54, 1.807) is 0 Å². The van der Waals surface area contributed by atoms with Gasteiger partial charge in [0.05, 0.1) is 6.26 Å². The summed E-state index contributed by atoms with van der Waals surface area (Å²) in [6.07, 6.45) is 3.51. The van der Waals surface area contributed by atoms with Crippen molar-refractivity contribution in [1.82, 2.24) is 9.21 Å².